The van der Waals surface area contributed by atoms with E-state index in [0.717, 1.165) is 0 Å². The highest BCUT2D eigenvalue weighted by molar-refractivity contribution is 9.10. The summed E-state index contributed by atoms with van der Waals surface area (Å²) in [5.41, 5.74) is 6.33. The second-order valence-electron chi connectivity index (χ2n) is 3.34. The van der Waals surface area contributed by atoms with Crippen LogP contribution in [0.4, 0.5) is 15.8 Å². The molecule has 1 heterocycles. The first kappa shape index (κ1) is 11.7. The first-order chi connectivity index (χ1) is 8.06. The van der Waals surface area contributed by atoms with Crippen LogP contribution in [0.1, 0.15) is 10.4 Å². The van der Waals surface area contributed by atoms with Crippen molar-refractivity contribution in [2.75, 3.05) is 11.1 Å². The summed E-state index contributed by atoms with van der Waals surface area (Å²) < 4.78 is 18.3. The van der Waals surface area contributed by atoms with Crippen molar-refractivity contribution in [1.29, 1.82) is 0 Å². The van der Waals surface area contributed by atoms with Crippen LogP contribution in [0.15, 0.2) is 39.6 Å². The van der Waals surface area contributed by atoms with Gasteiger partial charge in [-0.25, -0.2) is 4.39 Å². The second kappa shape index (κ2) is 4.58. The molecule has 0 saturated heterocycles. The van der Waals surface area contributed by atoms with Gasteiger partial charge in [-0.2, -0.15) is 0 Å². The molecule has 0 spiro atoms. The molecule has 1 amide bonds. The smallest absolute Gasteiger partial charge is 0.260 e. The highest BCUT2D eigenvalue weighted by Gasteiger charge is 2.13. The first-order valence-corrected chi connectivity index (χ1v) is 5.46. The van der Waals surface area contributed by atoms with E-state index in [4.69, 9.17) is 10.2 Å². The summed E-state index contributed by atoms with van der Waals surface area (Å²) in [5.74, 6) is -0.915. The minimum absolute atomic E-state index is 0.242. The van der Waals surface area contributed by atoms with E-state index in [1.807, 2.05) is 0 Å². The summed E-state index contributed by atoms with van der Waals surface area (Å²) in [6, 6.07) is 5.32. The van der Waals surface area contributed by atoms with Crippen molar-refractivity contribution in [1.82, 2.24) is 0 Å². The standard InChI is InChI=1S/C11H8BrFN2O2/c12-10-9(1-2-17-10)11(16)15-8-4-6(13)3-7(14)5-8/h1-5H,14H2,(H,15,16). The number of hydrogen-bond acceptors (Lipinski definition) is 3. The Kier molecular flexibility index (Phi) is 3.14. The lowest BCUT2D eigenvalue weighted by molar-refractivity contribution is 0.102. The van der Waals surface area contributed by atoms with Crippen molar-refractivity contribution in [3.05, 3.63) is 46.6 Å². The summed E-state index contributed by atoms with van der Waals surface area (Å²) in [7, 11) is 0. The van der Waals surface area contributed by atoms with Gasteiger partial charge >= 0.3 is 0 Å². The zero-order valence-electron chi connectivity index (χ0n) is 8.54. The fourth-order valence-corrected chi connectivity index (χ4v) is 1.76. The molecule has 0 fully saturated rings. The van der Waals surface area contributed by atoms with E-state index in [1.165, 1.54) is 30.5 Å². The number of hydrogen-bond donors (Lipinski definition) is 2. The Morgan fingerprint density at radius 2 is 2.18 bits per heavy atom. The minimum Gasteiger partial charge on any atom is -0.457 e. The summed E-state index contributed by atoms with van der Waals surface area (Å²) in [6.07, 6.45) is 1.37. The SMILES string of the molecule is Nc1cc(F)cc(NC(=O)c2ccoc2Br)c1. The van der Waals surface area contributed by atoms with E-state index in [2.05, 4.69) is 21.2 Å². The van der Waals surface area contributed by atoms with Gasteiger partial charge in [0, 0.05) is 11.4 Å². The quantitative estimate of drug-likeness (QED) is 0.838. The molecule has 0 aliphatic heterocycles. The number of carbonyl (C=O) groups is 1. The summed E-state index contributed by atoms with van der Waals surface area (Å²) in [4.78, 5) is 11.8. The lowest BCUT2D eigenvalue weighted by Gasteiger charge is -2.05. The van der Waals surface area contributed by atoms with Crippen LogP contribution in [0.2, 0.25) is 0 Å². The third kappa shape index (κ3) is 2.65. The molecule has 4 nitrogen and oxygen atoms in total. The maximum absolute atomic E-state index is 13.0. The van der Waals surface area contributed by atoms with Crippen LogP contribution in [0.5, 0.6) is 0 Å². The van der Waals surface area contributed by atoms with Crippen LogP contribution in [-0.4, -0.2) is 5.91 Å². The molecular weight excluding hydrogens is 291 g/mol. The zero-order valence-corrected chi connectivity index (χ0v) is 10.1. The van der Waals surface area contributed by atoms with Crippen molar-refractivity contribution in [3.8, 4) is 0 Å². The maximum atomic E-state index is 13.0. The molecule has 2 aromatic rings. The number of nitrogen functional groups attached to an aromatic ring is 1. The van der Waals surface area contributed by atoms with Crippen LogP contribution in [0.3, 0.4) is 0 Å². The topological polar surface area (TPSA) is 68.3 Å². The maximum Gasteiger partial charge on any atom is 0.260 e. The highest BCUT2D eigenvalue weighted by Crippen LogP contribution is 2.20. The van der Waals surface area contributed by atoms with Crippen molar-refractivity contribution in [2.45, 2.75) is 0 Å². The molecule has 17 heavy (non-hydrogen) atoms. The molecule has 0 saturated carbocycles. The molecule has 0 bridgehead atoms. The molecule has 1 aromatic carbocycles. The average molecular weight is 299 g/mol. The Balaban J connectivity index is 2.21. The molecule has 0 aliphatic carbocycles. The average Bonchev–Trinajstić information content (AvgIpc) is 2.62. The number of benzene rings is 1. The number of nitrogens with one attached hydrogen (secondary N) is 1. The Morgan fingerprint density at radius 3 is 2.76 bits per heavy atom. The lowest BCUT2D eigenvalue weighted by Crippen LogP contribution is -2.11. The molecule has 0 radical (unpaired) electrons. The van der Waals surface area contributed by atoms with E-state index in [9.17, 15) is 9.18 Å². The van der Waals surface area contributed by atoms with Gasteiger partial charge in [0.1, 0.15) is 5.82 Å². The summed E-state index contributed by atoms with van der Waals surface area (Å²) in [5, 5.41) is 2.52. The fourth-order valence-electron chi connectivity index (χ4n) is 1.34. The molecular formula is C11H8BrFN2O2. The van der Waals surface area contributed by atoms with E-state index in [0.29, 0.717) is 15.9 Å². The predicted octanol–water partition coefficient (Wildman–Crippen LogP) is 3.02. The van der Waals surface area contributed by atoms with Crippen LogP contribution in [0, 0.1) is 5.82 Å². The molecule has 0 atom stereocenters. The van der Waals surface area contributed by atoms with Gasteiger partial charge in [0.2, 0.25) is 0 Å². The van der Waals surface area contributed by atoms with Gasteiger partial charge in [0.05, 0.1) is 11.8 Å². The number of furan rings is 1. The van der Waals surface area contributed by atoms with Crippen molar-refractivity contribution in [3.63, 3.8) is 0 Å². The van der Waals surface area contributed by atoms with Crippen molar-refractivity contribution in [2.24, 2.45) is 0 Å². The number of anilines is 2. The van der Waals surface area contributed by atoms with Gasteiger partial charge in [-0.1, -0.05) is 0 Å². The molecule has 0 aliphatic rings. The van der Waals surface area contributed by atoms with Crippen molar-refractivity contribution >= 4 is 33.2 Å². The fraction of sp³-hybridized carbons (Fsp3) is 0. The summed E-state index contributed by atoms with van der Waals surface area (Å²) in [6.45, 7) is 0. The van der Waals surface area contributed by atoms with Crippen LogP contribution in [-0.2, 0) is 0 Å². The Morgan fingerprint density at radius 1 is 1.41 bits per heavy atom. The minimum atomic E-state index is -0.508. The van der Waals surface area contributed by atoms with E-state index >= 15 is 0 Å². The molecule has 0 unspecified atom stereocenters. The number of carbonyl (C=O) groups excluding carboxylic acids is 1. The largest absolute Gasteiger partial charge is 0.457 e. The molecule has 3 N–H and O–H groups in total. The first-order valence-electron chi connectivity index (χ1n) is 4.66. The molecule has 1 aromatic heterocycles. The van der Waals surface area contributed by atoms with E-state index < -0.39 is 11.7 Å². The van der Waals surface area contributed by atoms with Crippen LogP contribution < -0.4 is 11.1 Å². The predicted molar refractivity (Wildman–Crippen MR) is 65.2 cm³/mol. The normalized spacial score (nSPS) is 10.2. The molecule has 2 rings (SSSR count). The third-order valence-electron chi connectivity index (χ3n) is 2.04. The zero-order chi connectivity index (χ0) is 12.4. The van der Waals surface area contributed by atoms with Gasteiger partial charge in [-0.05, 0) is 40.2 Å². The Hall–Kier alpha value is -1.82. The van der Waals surface area contributed by atoms with E-state index in [-0.39, 0.29) is 5.69 Å². The highest BCUT2D eigenvalue weighted by atomic mass is 79.9. The van der Waals surface area contributed by atoms with Crippen molar-refractivity contribution < 1.29 is 13.6 Å². The van der Waals surface area contributed by atoms with Gasteiger partial charge in [-0.15, -0.1) is 0 Å². The summed E-state index contributed by atoms with van der Waals surface area (Å²) >= 11 is 3.08. The van der Waals surface area contributed by atoms with Crippen LogP contribution >= 0.6 is 15.9 Å². The number of halogens is 2. The number of rotatable bonds is 2. The monoisotopic (exact) mass is 298 g/mol. The molecule has 6 heteroatoms. The third-order valence-corrected chi connectivity index (χ3v) is 2.65. The van der Waals surface area contributed by atoms with E-state index in [1.54, 1.807) is 0 Å². The van der Waals surface area contributed by atoms with Gasteiger partial charge in [0.25, 0.3) is 5.91 Å². The second-order valence-corrected chi connectivity index (χ2v) is 4.06. The van der Waals surface area contributed by atoms with Gasteiger partial charge < -0.3 is 15.5 Å². The number of amides is 1. The Labute approximate surface area is 105 Å². The lowest BCUT2D eigenvalue weighted by atomic mass is 10.2. The Bertz CT molecular complexity index is 548. The molecule has 88 valence electrons. The van der Waals surface area contributed by atoms with Gasteiger partial charge in [-0.3, -0.25) is 4.79 Å². The van der Waals surface area contributed by atoms with Crippen LogP contribution in [0.25, 0.3) is 0 Å². The van der Waals surface area contributed by atoms with Gasteiger partial charge in [0.15, 0.2) is 4.67 Å². The number of nitrogens with two attached hydrogens (primary N) is 1.